The molecule has 0 fully saturated rings. The maximum absolute atomic E-state index is 12.1. The molecule has 3 nitrogen and oxygen atoms in total. The van der Waals surface area contributed by atoms with Crippen LogP contribution in [0.3, 0.4) is 0 Å². The molecule has 124 valence electrons. The van der Waals surface area contributed by atoms with Crippen LogP contribution in [0.5, 0.6) is 5.75 Å². The van der Waals surface area contributed by atoms with Crippen LogP contribution >= 0.6 is 11.6 Å². The summed E-state index contributed by atoms with van der Waals surface area (Å²) < 4.78 is 5.34. The number of halogens is 1. The Hall–Kier alpha value is -2.91. The Balaban J connectivity index is 1.67. The molecule has 0 amide bonds. The van der Waals surface area contributed by atoms with Crippen molar-refractivity contribution < 1.29 is 9.53 Å². The highest BCUT2D eigenvalue weighted by molar-refractivity contribution is 6.33. The summed E-state index contributed by atoms with van der Waals surface area (Å²) in [6.07, 6.45) is 1.77. The maximum atomic E-state index is 12.1. The Kier molecular flexibility index (Phi) is 5.26. The number of aryl methyl sites for hydroxylation is 1. The van der Waals surface area contributed by atoms with Gasteiger partial charge in [0.05, 0.1) is 16.3 Å². The number of hydrogen-bond donors (Lipinski definition) is 0. The van der Waals surface area contributed by atoms with E-state index in [1.807, 2.05) is 43.3 Å². The van der Waals surface area contributed by atoms with E-state index >= 15 is 0 Å². The third-order valence-corrected chi connectivity index (χ3v) is 3.91. The highest BCUT2D eigenvalue weighted by atomic mass is 35.5. The number of rotatable bonds is 4. The van der Waals surface area contributed by atoms with Crippen LogP contribution in [0.1, 0.15) is 21.5 Å². The minimum atomic E-state index is -0.480. The summed E-state index contributed by atoms with van der Waals surface area (Å²) in [6, 6.07) is 21.9. The van der Waals surface area contributed by atoms with Crippen LogP contribution in [-0.2, 0) is 0 Å². The lowest BCUT2D eigenvalue weighted by Gasteiger charge is -2.05. The Morgan fingerprint density at radius 1 is 0.960 bits per heavy atom. The molecule has 0 aliphatic rings. The minimum absolute atomic E-state index is 0.342. The number of carbonyl (C=O) groups excluding carboxylic acids is 1. The maximum Gasteiger partial charge on any atom is 0.345 e. The summed E-state index contributed by atoms with van der Waals surface area (Å²) in [5, 5.41) is 0.370. The second kappa shape index (κ2) is 7.77. The summed E-state index contributed by atoms with van der Waals surface area (Å²) >= 11 is 6.00. The number of esters is 1. The molecule has 0 spiro atoms. The fraction of sp³-hybridized carbons (Fsp3) is 0.0476. The Morgan fingerprint density at radius 2 is 1.64 bits per heavy atom. The van der Waals surface area contributed by atoms with Crippen molar-refractivity contribution in [2.24, 2.45) is 4.99 Å². The van der Waals surface area contributed by atoms with Gasteiger partial charge in [-0.25, -0.2) is 4.79 Å². The van der Waals surface area contributed by atoms with Gasteiger partial charge < -0.3 is 4.74 Å². The van der Waals surface area contributed by atoms with Crippen LogP contribution in [0.4, 0.5) is 5.69 Å². The molecule has 3 aromatic rings. The van der Waals surface area contributed by atoms with Crippen LogP contribution in [0.25, 0.3) is 0 Å². The van der Waals surface area contributed by atoms with Gasteiger partial charge in [-0.15, -0.1) is 0 Å². The first-order valence-corrected chi connectivity index (χ1v) is 8.17. The first kappa shape index (κ1) is 16.9. The molecular weight excluding hydrogens is 334 g/mol. The molecule has 4 heteroatoms. The van der Waals surface area contributed by atoms with Crippen molar-refractivity contribution in [3.63, 3.8) is 0 Å². The molecule has 0 atom stereocenters. The van der Waals surface area contributed by atoms with E-state index < -0.39 is 5.97 Å². The number of ether oxygens (including phenoxy) is 1. The van der Waals surface area contributed by atoms with Crippen LogP contribution in [-0.4, -0.2) is 12.2 Å². The monoisotopic (exact) mass is 349 g/mol. The van der Waals surface area contributed by atoms with E-state index in [-0.39, 0.29) is 0 Å². The van der Waals surface area contributed by atoms with Gasteiger partial charge in [-0.1, -0.05) is 41.4 Å². The Bertz CT molecular complexity index is 900. The fourth-order valence-corrected chi connectivity index (χ4v) is 2.40. The third-order valence-electron chi connectivity index (χ3n) is 3.58. The lowest BCUT2D eigenvalue weighted by atomic mass is 10.2. The zero-order valence-electron chi connectivity index (χ0n) is 13.6. The molecule has 0 saturated carbocycles. The van der Waals surface area contributed by atoms with Gasteiger partial charge in [0.2, 0.25) is 0 Å². The molecule has 25 heavy (non-hydrogen) atoms. The molecular formula is C21H16ClNO2. The normalized spacial score (nSPS) is 10.8. The van der Waals surface area contributed by atoms with Crippen LogP contribution in [0, 0.1) is 6.92 Å². The minimum Gasteiger partial charge on any atom is -0.423 e. The first-order chi connectivity index (χ1) is 12.1. The van der Waals surface area contributed by atoms with Crippen molar-refractivity contribution in [2.75, 3.05) is 0 Å². The highest BCUT2D eigenvalue weighted by Gasteiger charge is 2.11. The molecule has 0 heterocycles. The first-order valence-electron chi connectivity index (χ1n) is 7.79. The van der Waals surface area contributed by atoms with E-state index in [4.69, 9.17) is 16.3 Å². The topological polar surface area (TPSA) is 38.7 Å². The smallest absolute Gasteiger partial charge is 0.345 e. The fourth-order valence-electron chi connectivity index (χ4n) is 2.19. The van der Waals surface area contributed by atoms with E-state index in [2.05, 4.69) is 4.99 Å². The molecule has 3 aromatic carbocycles. The van der Waals surface area contributed by atoms with Crippen molar-refractivity contribution in [3.05, 3.63) is 94.5 Å². The summed E-state index contributed by atoms with van der Waals surface area (Å²) in [6.45, 7) is 2.04. The summed E-state index contributed by atoms with van der Waals surface area (Å²) in [7, 11) is 0. The van der Waals surface area contributed by atoms with E-state index in [0.717, 1.165) is 11.3 Å². The number of nitrogens with zero attached hydrogens (tertiary/aromatic N) is 1. The molecule has 0 radical (unpaired) electrons. The van der Waals surface area contributed by atoms with E-state index in [0.29, 0.717) is 16.3 Å². The summed E-state index contributed by atoms with van der Waals surface area (Å²) in [5.41, 5.74) is 3.34. The summed E-state index contributed by atoms with van der Waals surface area (Å²) in [5.74, 6) is -0.0240. The van der Waals surface area contributed by atoms with Gasteiger partial charge in [0.1, 0.15) is 5.75 Å². The molecule has 0 N–H and O–H groups in total. The number of aliphatic imine (C=N–C) groups is 1. The Morgan fingerprint density at radius 3 is 2.32 bits per heavy atom. The second-order valence-corrected chi connectivity index (χ2v) is 5.94. The van der Waals surface area contributed by atoms with E-state index in [1.54, 1.807) is 42.6 Å². The molecule has 0 bridgehead atoms. The second-order valence-electron chi connectivity index (χ2n) is 5.53. The molecule has 0 aliphatic heterocycles. The largest absolute Gasteiger partial charge is 0.423 e. The van der Waals surface area contributed by atoms with Gasteiger partial charge >= 0.3 is 5.97 Å². The van der Waals surface area contributed by atoms with Gasteiger partial charge in [-0.2, -0.15) is 0 Å². The SMILES string of the molecule is Cc1ccc(N=Cc2ccc(OC(=O)c3ccccc3Cl)cc2)cc1. The molecule has 0 aromatic heterocycles. The van der Waals surface area contributed by atoms with Crippen LogP contribution in [0.15, 0.2) is 77.8 Å². The van der Waals surface area contributed by atoms with Crippen molar-refractivity contribution in [1.82, 2.24) is 0 Å². The molecule has 3 rings (SSSR count). The Labute approximate surface area is 151 Å². The number of hydrogen-bond acceptors (Lipinski definition) is 3. The van der Waals surface area contributed by atoms with E-state index in [1.165, 1.54) is 5.56 Å². The third kappa shape index (κ3) is 4.55. The predicted molar refractivity (Wildman–Crippen MR) is 101 cm³/mol. The van der Waals surface area contributed by atoms with Crippen molar-refractivity contribution in [3.8, 4) is 5.75 Å². The van der Waals surface area contributed by atoms with E-state index in [9.17, 15) is 4.79 Å². The molecule has 0 saturated heterocycles. The van der Waals surface area contributed by atoms with Crippen molar-refractivity contribution in [1.29, 1.82) is 0 Å². The average molecular weight is 350 g/mol. The van der Waals surface area contributed by atoms with Crippen LogP contribution in [0.2, 0.25) is 5.02 Å². The van der Waals surface area contributed by atoms with Gasteiger partial charge in [0.25, 0.3) is 0 Å². The zero-order valence-corrected chi connectivity index (χ0v) is 14.4. The molecule has 0 aliphatic carbocycles. The quantitative estimate of drug-likeness (QED) is 0.348. The predicted octanol–water partition coefficient (Wildman–Crippen LogP) is 5.62. The average Bonchev–Trinajstić information content (AvgIpc) is 2.63. The highest BCUT2D eigenvalue weighted by Crippen LogP contribution is 2.19. The molecule has 0 unspecified atom stereocenters. The van der Waals surface area contributed by atoms with Gasteiger partial charge in [-0.05, 0) is 61.0 Å². The lowest BCUT2D eigenvalue weighted by molar-refractivity contribution is 0.0735. The lowest BCUT2D eigenvalue weighted by Crippen LogP contribution is -2.08. The summed E-state index contributed by atoms with van der Waals surface area (Å²) in [4.78, 5) is 16.5. The number of carbonyl (C=O) groups is 1. The standard InChI is InChI=1S/C21H16ClNO2/c1-15-6-10-17(11-7-15)23-14-16-8-12-18(13-9-16)25-21(24)19-4-2-3-5-20(19)22/h2-14H,1H3. The van der Waals surface area contributed by atoms with Gasteiger partial charge in [0.15, 0.2) is 0 Å². The van der Waals surface area contributed by atoms with Crippen LogP contribution < -0.4 is 4.74 Å². The van der Waals surface area contributed by atoms with Gasteiger partial charge in [-0.3, -0.25) is 4.99 Å². The van der Waals surface area contributed by atoms with Crippen molar-refractivity contribution >= 4 is 29.5 Å². The van der Waals surface area contributed by atoms with Gasteiger partial charge in [0, 0.05) is 6.21 Å². The number of benzene rings is 3. The van der Waals surface area contributed by atoms with Crippen molar-refractivity contribution in [2.45, 2.75) is 6.92 Å². The zero-order chi connectivity index (χ0) is 17.6.